The molecule has 19 heavy (non-hydrogen) atoms. The Bertz CT molecular complexity index is 586. The van der Waals surface area contributed by atoms with Gasteiger partial charge < -0.3 is 5.32 Å². The second-order valence-corrected chi connectivity index (χ2v) is 5.42. The minimum Gasteiger partial charge on any atom is -0.322 e. The van der Waals surface area contributed by atoms with E-state index in [1.54, 1.807) is 11.8 Å². The minimum absolute atomic E-state index is 0.0756. The zero-order valence-electron chi connectivity index (χ0n) is 10.5. The number of hydrogen-bond donors (Lipinski definition) is 1. The van der Waals surface area contributed by atoms with E-state index < -0.39 is 0 Å². The van der Waals surface area contributed by atoms with Crippen molar-refractivity contribution < 1.29 is 4.79 Å². The van der Waals surface area contributed by atoms with Gasteiger partial charge in [0.05, 0.1) is 0 Å². The number of rotatable bonds is 4. The molecule has 0 heterocycles. The van der Waals surface area contributed by atoms with Gasteiger partial charge in [0.15, 0.2) is 0 Å². The number of nitrogens with one attached hydrogen (secondary N) is 1. The molecule has 0 aromatic heterocycles. The molecular formula is C15H14BrNOS. The Balaban J connectivity index is 2.20. The SMILES string of the molecule is CSc1cccc(NC(=O)c2ccccc2CBr)c1. The van der Waals surface area contributed by atoms with Crippen molar-refractivity contribution in [1.82, 2.24) is 0 Å². The second-order valence-electron chi connectivity index (χ2n) is 3.98. The summed E-state index contributed by atoms with van der Waals surface area (Å²) < 4.78 is 0. The molecule has 2 aromatic carbocycles. The van der Waals surface area contributed by atoms with Gasteiger partial charge in [0.25, 0.3) is 5.91 Å². The zero-order valence-corrected chi connectivity index (χ0v) is 12.9. The van der Waals surface area contributed by atoms with E-state index in [1.807, 2.05) is 54.8 Å². The van der Waals surface area contributed by atoms with Gasteiger partial charge in [-0.2, -0.15) is 0 Å². The molecule has 0 aliphatic heterocycles. The molecule has 0 saturated carbocycles. The molecule has 1 N–H and O–H groups in total. The summed E-state index contributed by atoms with van der Waals surface area (Å²) >= 11 is 5.06. The molecule has 0 spiro atoms. The molecule has 2 rings (SSSR count). The van der Waals surface area contributed by atoms with E-state index in [4.69, 9.17) is 0 Å². The Kier molecular flexibility index (Phi) is 5.05. The van der Waals surface area contributed by atoms with Crippen molar-refractivity contribution in [3.8, 4) is 0 Å². The zero-order chi connectivity index (χ0) is 13.7. The first kappa shape index (κ1) is 14.2. The molecule has 0 bridgehead atoms. The first-order valence-corrected chi connectivity index (χ1v) is 8.18. The number of carbonyl (C=O) groups excluding carboxylic acids is 1. The van der Waals surface area contributed by atoms with Gasteiger partial charge in [0.1, 0.15) is 0 Å². The quantitative estimate of drug-likeness (QED) is 0.655. The largest absolute Gasteiger partial charge is 0.322 e. The number of alkyl halides is 1. The van der Waals surface area contributed by atoms with Crippen molar-refractivity contribution in [3.63, 3.8) is 0 Å². The molecule has 0 radical (unpaired) electrons. The number of halogens is 1. The minimum atomic E-state index is -0.0756. The number of hydrogen-bond acceptors (Lipinski definition) is 2. The highest BCUT2D eigenvalue weighted by molar-refractivity contribution is 9.08. The number of thioether (sulfide) groups is 1. The maximum atomic E-state index is 12.3. The summed E-state index contributed by atoms with van der Waals surface area (Å²) in [5, 5.41) is 3.60. The van der Waals surface area contributed by atoms with Crippen LogP contribution in [0.15, 0.2) is 53.4 Å². The molecule has 98 valence electrons. The third-order valence-electron chi connectivity index (χ3n) is 2.73. The maximum absolute atomic E-state index is 12.3. The van der Waals surface area contributed by atoms with Crippen LogP contribution in [0.4, 0.5) is 5.69 Å². The van der Waals surface area contributed by atoms with Crippen molar-refractivity contribution in [2.75, 3.05) is 11.6 Å². The fourth-order valence-electron chi connectivity index (χ4n) is 1.76. The highest BCUT2D eigenvalue weighted by Gasteiger charge is 2.10. The van der Waals surface area contributed by atoms with Crippen LogP contribution in [0.2, 0.25) is 0 Å². The first-order chi connectivity index (χ1) is 9.24. The van der Waals surface area contributed by atoms with Crippen molar-refractivity contribution in [3.05, 3.63) is 59.7 Å². The van der Waals surface area contributed by atoms with Crippen LogP contribution < -0.4 is 5.32 Å². The van der Waals surface area contributed by atoms with E-state index in [0.29, 0.717) is 10.9 Å². The van der Waals surface area contributed by atoms with Crippen molar-refractivity contribution >= 4 is 39.3 Å². The Labute approximate surface area is 125 Å². The maximum Gasteiger partial charge on any atom is 0.255 e. The molecular weight excluding hydrogens is 322 g/mol. The van der Waals surface area contributed by atoms with Crippen LogP contribution in [0, 0.1) is 0 Å². The van der Waals surface area contributed by atoms with Crippen LogP contribution in [0.25, 0.3) is 0 Å². The van der Waals surface area contributed by atoms with E-state index in [1.165, 1.54) is 0 Å². The van der Waals surface area contributed by atoms with Gasteiger partial charge >= 0.3 is 0 Å². The molecule has 0 saturated heterocycles. The molecule has 2 aromatic rings. The average molecular weight is 336 g/mol. The standard InChI is InChI=1S/C15H14BrNOS/c1-19-13-7-4-6-12(9-13)17-15(18)14-8-3-2-5-11(14)10-16/h2-9H,10H2,1H3,(H,17,18). The molecule has 4 heteroatoms. The highest BCUT2D eigenvalue weighted by atomic mass is 79.9. The number of anilines is 1. The van der Waals surface area contributed by atoms with E-state index in [9.17, 15) is 4.79 Å². The van der Waals surface area contributed by atoms with Crippen LogP contribution in [0.3, 0.4) is 0 Å². The third-order valence-corrected chi connectivity index (χ3v) is 4.06. The Hall–Kier alpha value is -1.26. The van der Waals surface area contributed by atoms with Gasteiger partial charge in [-0.1, -0.05) is 40.2 Å². The van der Waals surface area contributed by atoms with E-state index >= 15 is 0 Å². The molecule has 0 fully saturated rings. The van der Waals surface area contributed by atoms with Gasteiger partial charge in [-0.05, 0) is 36.1 Å². The van der Waals surface area contributed by atoms with Crippen molar-refractivity contribution in [2.24, 2.45) is 0 Å². The van der Waals surface area contributed by atoms with Gasteiger partial charge in [-0.15, -0.1) is 11.8 Å². The summed E-state index contributed by atoms with van der Waals surface area (Å²) in [4.78, 5) is 13.4. The van der Waals surface area contributed by atoms with Crippen LogP contribution in [-0.2, 0) is 5.33 Å². The first-order valence-electron chi connectivity index (χ1n) is 5.84. The normalized spacial score (nSPS) is 10.2. The van der Waals surface area contributed by atoms with Crippen LogP contribution in [-0.4, -0.2) is 12.2 Å². The summed E-state index contributed by atoms with van der Waals surface area (Å²) in [6.45, 7) is 0. The summed E-state index contributed by atoms with van der Waals surface area (Å²) in [7, 11) is 0. The lowest BCUT2D eigenvalue weighted by Gasteiger charge is -2.09. The van der Waals surface area contributed by atoms with E-state index in [-0.39, 0.29) is 5.91 Å². The summed E-state index contributed by atoms with van der Waals surface area (Å²) in [5.41, 5.74) is 2.51. The van der Waals surface area contributed by atoms with Crippen LogP contribution >= 0.6 is 27.7 Å². The monoisotopic (exact) mass is 335 g/mol. The van der Waals surface area contributed by atoms with Crippen LogP contribution in [0.5, 0.6) is 0 Å². The molecule has 0 unspecified atom stereocenters. The third kappa shape index (κ3) is 3.61. The fourth-order valence-corrected chi connectivity index (χ4v) is 2.71. The molecule has 2 nitrogen and oxygen atoms in total. The van der Waals surface area contributed by atoms with E-state index in [0.717, 1.165) is 16.1 Å². The lowest BCUT2D eigenvalue weighted by Crippen LogP contribution is -2.13. The number of benzene rings is 2. The Morgan fingerprint density at radius 3 is 2.74 bits per heavy atom. The summed E-state index contributed by atoms with van der Waals surface area (Å²) in [6.07, 6.45) is 2.01. The summed E-state index contributed by atoms with van der Waals surface area (Å²) in [5.74, 6) is -0.0756. The molecule has 0 aliphatic carbocycles. The number of carbonyl (C=O) groups is 1. The average Bonchev–Trinajstić information content (AvgIpc) is 2.47. The van der Waals surface area contributed by atoms with Gasteiger partial charge in [0, 0.05) is 21.5 Å². The summed E-state index contributed by atoms with van der Waals surface area (Å²) in [6, 6.07) is 15.4. The predicted octanol–water partition coefficient (Wildman–Crippen LogP) is 4.56. The second kappa shape index (κ2) is 6.78. The molecule has 0 aliphatic rings. The Morgan fingerprint density at radius 2 is 2.00 bits per heavy atom. The van der Waals surface area contributed by atoms with Gasteiger partial charge in [-0.25, -0.2) is 0 Å². The van der Waals surface area contributed by atoms with Gasteiger partial charge in [-0.3, -0.25) is 4.79 Å². The smallest absolute Gasteiger partial charge is 0.255 e. The highest BCUT2D eigenvalue weighted by Crippen LogP contribution is 2.20. The van der Waals surface area contributed by atoms with Crippen LogP contribution in [0.1, 0.15) is 15.9 Å². The lowest BCUT2D eigenvalue weighted by atomic mass is 10.1. The van der Waals surface area contributed by atoms with Crippen molar-refractivity contribution in [2.45, 2.75) is 10.2 Å². The lowest BCUT2D eigenvalue weighted by molar-refractivity contribution is 0.102. The van der Waals surface area contributed by atoms with E-state index in [2.05, 4.69) is 21.2 Å². The molecule has 0 atom stereocenters. The topological polar surface area (TPSA) is 29.1 Å². The fraction of sp³-hybridized carbons (Fsp3) is 0.133. The van der Waals surface area contributed by atoms with Crippen molar-refractivity contribution in [1.29, 1.82) is 0 Å². The molecule has 1 amide bonds. The number of amides is 1. The van der Waals surface area contributed by atoms with Gasteiger partial charge in [0.2, 0.25) is 0 Å². The predicted molar refractivity (Wildman–Crippen MR) is 85.2 cm³/mol. The Morgan fingerprint density at radius 1 is 1.21 bits per heavy atom.